The number of ether oxygens (including phenoxy) is 1. The fourth-order valence-electron chi connectivity index (χ4n) is 2.02. The van der Waals surface area contributed by atoms with E-state index in [9.17, 15) is 0 Å². The predicted octanol–water partition coefficient (Wildman–Crippen LogP) is 1.16. The molecule has 0 radical (unpaired) electrons. The summed E-state index contributed by atoms with van der Waals surface area (Å²) < 4.78 is 5.60. The molecule has 2 N–H and O–H groups in total. The van der Waals surface area contributed by atoms with E-state index in [1.54, 1.807) is 0 Å². The molecule has 0 aromatic rings. The molecule has 1 rings (SSSR count). The summed E-state index contributed by atoms with van der Waals surface area (Å²) >= 11 is 0. The Morgan fingerprint density at radius 3 is 2.71 bits per heavy atom. The fraction of sp³-hybridized carbons (Fsp3) is 1.00. The first-order valence-corrected chi connectivity index (χ1v) is 5.78. The van der Waals surface area contributed by atoms with Gasteiger partial charge in [-0.25, -0.2) is 0 Å². The van der Waals surface area contributed by atoms with Crippen molar-refractivity contribution in [1.29, 1.82) is 0 Å². The average molecular weight is 201 g/mol. The summed E-state index contributed by atoms with van der Waals surface area (Å²) in [5, 5.41) is 12.2. The van der Waals surface area contributed by atoms with Crippen LogP contribution in [-0.2, 0) is 4.74 Å². The summed E-state index contributed by atoms with van der Waals surface area (Å²) in [5.41, 5.74) is 0. The number of likely N-dealkylation sites (N-methyl/N-ethyl adjacent to an activating group) is 1. The Bertz CT molecular complexity index is 135. The van der Waals surface area contributed by atoms with Crippen LogP contribution in [0.25, 0.3) is 0 Å². The van der Waals surface area contributed by atoms with Gasteiger partial charge in [0, 0.05) is 6.61 Å². The summed E-state index contributed by atoms with van der Waals surface area (Å²) in [4.78, 5) is 0. The Hall–Kier alpha value is -0.120. The third-order valence-corrected chi connectivity index (χ3v) is 2.86. The second kappa shape index (κ2) is 7.21. The van der Waals surface area contributed by atoms with Crippen molar-refractivity contribution in [2.75, 3.05) is 26.4 Å². The van der Waals surface area contributed by atoms with Gasteiger partial charge in [0.25, 0.3) is 0 Å². The van der Waals surface area contributed by atoms with Crippen LogP contribution in [0.5, 0.6) is 0 Å². The first-order valence-electron chi connectivity index (χ1n) is 5.78. The van der Waals surface area contributed by atoms with Gasteiger partial charge >= 0.3 is 0 Å². The van der Waals surface area contributed by atoms with Crippen LogP contribution in [0.4, 0.5) is 0 Å². The highest BCUT2D eigenvalue weighted by Crippen LogP contribution is 2.24. The molecule has 0 aliphatic heterocycles. The quantitative estimate of drug-likeness (QED) is 0.649. The third kappa shape index (κ3) is 4.40. The topological polar surface area (TPSA) is 41.5 Å². The van der Waals surface area contributed by atoms with E-state index < -0.39 is 0 Å². The first-order chi connectivity index (χ1) is 6.86. The van der Waals surface area contributed by atoms with E-state index in [1.807, 2.05) is 6.92 Å². The number of aliphatic hydroxyl groups is 1. The molecule has 1 aliphatic rings. The lowest BCUT2D eigenvalue weighted by Gasteiger charge is -2.16. The van der Waals surface area contributed by atoms with Gasteiger partial charge in [-0.1, -0.05) is 19.8 Å². The number of nitrogens with one attached hydrogen (secondary N) is 1. The number of rotatable bonds is 7. The normalized spacial score (nSPS) is 20.1. The van der Waals surface area contributed by atoms with Crippen molar-refractivity contribution in [3.8, 4) is 0 Å². The Kier molecular flexibility index (Phi) is 6.15. The monoisotopic (exact) mass is 201 g/mol. The highest BCUT2D eigenvalue weighted by Gasteiger charge is 2.15. The summed E-state index contributed by atoms with van der Waals surface area (Å²) in [5.74, 6) is 0.774. The predicted molar refractivity (Wildman–Crippen MR) is 57.3 cm³/mol. The van der Waals surface area contributed by atoms with E-state index in [-0.39, 0.29) is 12.6 Å². The maximum absolute atomic E-state index is 9.01. The van der Waals surface area contributed by atoms with E-state index in [0.717, 1.165) is 19.1 Å². The van der Waals surface area contributed by atoms with Gasteiger partial charge in [0.2, 0.25) is 0 Å². The van der Waals surface area contributed by atoms with Crippen LogP contribution < -0.4 is 5.32 Å². The molecule has 1 fully saturated rings. The van der Waals surface area contributed by atoms with Gasteiger partial charge in [0.1, 0.15) is 0 Å². The van der Waals surface area contributed by atoms with Crippen molar-refractivity contribution < 1.29 is 9.84 Å². The SMILES string of the molecule is CCNC(CO)COCC1CCCC1. The van der Waals surface area contributed by atoms with Gasteiger partial charge in [0.15, 0.2) is 0 Å². The molecule has 1 atom stereocenters. The van der Waals surface area contributed by atoms with Crippen molar-refractivity contribution in [3.63, 3.8) is 0 Å². The van der Waals surface area contributed by atoms with Crippen molar-refractivity contribution >= 4 is 0 Å². The summed E-state index contributed by atoms with van der Waals surface area (Å²) in [6.07, 6.45) is 5.38. The van der Waals surface area contributed by atoms with E-state index in [4.69, 9.17) is 9.84 Å². The van der Waals surface area contributed by atoms with Gasteiger partial charge in [-0.05, 0) is 25.3 Å². The van der Waals surface area contributed by atoms with Gasteiger partial charge < -0.3 is 15.2 Å². The number of hydrogen-bond acceptors (Lipinski definition) is 3. The highest BCUT2D eigenvalue weighted by atomic mass is 16.5. The van der Waals surface area contributed by atoms with Crippen LogP contribution in [0, 0.1) is 5.92 Å². The smallest absolute Gasteiger partial charge is 0.0642 e. The molecule has 0 aromatic heterocycles. The Morgan fingerprint density at radius 2 is 2.14 bits per heavy atom. The fourth-order valence-corrected chi connectivity index (χ4v) is 2.02. The molecule has 84 valence electrons. The molecule has 0 spiro atoms. The standard InChI is InChI=1S/C11H23NO2/c1-2-12-11(7-13)9-14-8-10-5-3-4-6-10/h10-13H,2-9H2,1H3. The maximum Gasteiger partial charge on any atom is 0.0642 e. The summed E-state index contributed by atoms with van der Waals surface area (Å²) in [7, 11) is 0. The molecule has 1 aliphatic carbocycles. The second-order valence-corrected chi connectivity index (χ2v) is 4.13. The Labute approximate surface area is 86.8 Å². The zero-order chi connectivity index (χ0) is 10.2. The molecular weight excluding hydrogens is 178 g/mol. The molecule has 0 bridgehead atoms. The molecule has 0 amide bonds. The summed E-state index contributed by atoms with van der Waals surface area (Å²) in [6.45, 7) is 4.61. The molecule has 1 unspecified atom stereocenters. The average Bonchev–Trinajstić information content (AvgIpc) is 2.69. The zero-order valence-corrected chi connectivity index (χ0v) is 9.17. The van der Waals surface area contributed by atoms with Crippen LogP contribution >= 0.6 is 0 Å². The van der Waals surface area contributed by atoms with Crippen LogP contribution in [-0.4, -0.2) is 37.5 Å². The van der Waals surface area contributed by atoms with E-state index in [1.165, 1.54) is 25.7 Å². The van der Waals surface area contributed by atoms with Crippen molar-refractivity contribution in [1.82, 2.24) is 5.32 Å². The molecule has 1 saturated carbocycles. The molecule has 3 nitrogen and oxygen atoms in total. The van der Waals surface area contributed by atoms with E-state index in [2.05, 4.69) is 5.32 Å². The van der Waals surface area contributed by atoms with Crippen molar-refractivity contribution in [2.45, 2.75) is 38.6 Å². The van der Waals surface area contributed by atoms with Crippen LogP contribution in [0.1, 0.15) is 32.6 Å². The Morgan fingerprint density at radius 1 is 1.43 bits per heavy atom. The zero-order valence-electron chi connectivity index (χ0n) is 9.17. The molecule has 14 heavy (non-hydrogen) atoms. The van der Waals surface area contributed by atoms with Gasteiger partial charge in [-0.2, -0.15) is 0 Å². The van der Waals surface area contributed by atoms with Crippen LogP contribution in [0.3, 0.4) is 0 Å². The highest BCUT2D eigenvalue weighted by molar-refractivity contribution is 4.68. The minimum absolute atomic E-state index is 0.112. The molecule has 0 heterocycles. The lowest BCUT2D eigenvalue weighted by molar-refractivity contribution is 0.0670. The van der Waals surface area contributed by atoms with E-state index in [0.29, 0.717) is 6.61 Å². The lowest BCUT2D eigenvalue weighted by Crippen LogP contribution is -2.36. The van der Waals surface area contributed by atoms with Crippen LogP contribution in [0.15, 0.2) is 0 Å². The largest absolute Gasteiger partial charge is 0.395 e. The van der Waals surface area contributed by atoms with Gasteiger partial charge in [-0.3, -0.25) is 0 Å². The molecule has 3 heteroatoms. The molecular formula is C11H23NO2. The van der Waals surface area contributed by atoms with Crippen molar-refractivity contribution in [3.05, 3.63) is 0 Å². The number of aliphatic hydroxyl groups excluding tert-OH is 1. The van der Waals surface area contributed by atoms with Gasteiger partial charge in [0.05, 0.1) is 19.3 Å². The van der Waals surface area contributed by atoms with Crippen molar-refractivity contribution in [2.24, 2.45) is 5.92 Å². The minimum atomic E-state index is 0.112. The second-order valence-electron chi connectivity index (χ2n) is 4.13. The maximum atomic E-state index is 9.01. The van der Waals surface area contributed by atoms with E-state index >= 15 is 0 Å². The molecule has 0 saturated heterocycles. The Balaban J connectivity index is 2.00. The molecule has 0 aromatic carbocycles. The summed E-state index contributed by atoms with van der Waals surface area (Å²) in [6, 6.07) is 0.112. The first kappa shape index (κ1) is 12.0. The lowest BCUT2D eigenvalue weighted by atomic mass is 10.1. The minimum Gasteiger partial charge on any atom is -0.395 e. The number of hydrogen-bond donors (Lipinski definition) is 2. The van der Waals surface area contributed by atoms with Gasteiger partial charge in [-0.15, -0.1) is 0 Å². The van der Waals surface area contributed by atoms with Crippen LogP contribution in [0.2, 0.25) is 0 Å². The third-order valence-electron chi connectivity index (χ3n) is 2.86.